The van der Waals surface area contributed by atoms with E-state index in [0.717, 1.165) is 27.5 Å². The standard InChI is InChI=1S/C12H15ClIN3/c1-16-8-2-3-9(16)7-17(6-8)12-4-11(14)10(13)5-15-12/h4-5,8-9H,2-3,6-7H2,1H3/t8-,9?/m1/s1. The van der Waals surface area contributed by atoms with E-state index in [0.29, 0.717) is 12.1 Å². The fraction of sp³-hybridized carbons (Fsp3) is 0.583. The monoisotopic (exact) mass is 363 g/mol. The van der Waals surface area contributed by atoms with Gasteiger partial charge in [-0.1, -0.05) is 11.6 Å². The van der Waals surface area contributed by atoms with Crippen molar-refractivity contribution in [3.05, 3.63) is 20.9 Å². The first-order valence-corrected chi connectivity index (χ1v) is 7.39. The Kier molecular flexibility index (Phi) is 3.21. The molecule has 2 atom stereocenters. The molecule has 1 aromatic heterocycles. The fourth-order valence-corrected chi connectivity index (χ4v) is 3.40. The van der Waals surface area contributed by atoms with Crippen LogP contribution < -0.4 is 4.90 Å². The second-order valence-electron chi connectivity index (χ2n) is 4.91. The zero-order valence-electron chi connectivity index (χ0n) is 9.74. The van der Waals surface area contributed by atoms with Crippen LogP contribution in [-0.2, 0) is 0 Å². The van der Waals surface area contributed by atoms with Crippen molar-refractivity contribution in [3.8, 4) is 0 Å². The lowest BCUT2D eigenvalue weighted by atomic mass is 10.2. The van der Waals surface area contributed by atoms with Gasteiger partial charge in [-0.2, -0.15) is 0 Å². The van der Waals surface area contributed by atoms with E-state index in [4.69, 9.17) is 11.6 Å². The van der Waals surface area contributed by atoms with Gasteiger partial charge in [0.15, 0.2) is 0 Å². The van der Waals surface area contributed by atoms with E-state index in [1.165, 1.54) is 12.8 Å². The quantitative estimate of drug-likeness (QED) is 0.715. The number of fused-ring (bicyclic) bond motifs is 2. The second kappa shape index (κ2) is 4.55. The first-order valence-electron chi connectivity index (χ1n) is 5.93. The highest BCUT2D eigenvalue weighted by molar-refractivity contribution is 14.1. The third kappa shape index (κ3) is 2.15. The summed E-state index contributed by atoms with van der Waals surface area (Å²) in [4.78, 5) is 9.38. The maximum Gasteiger partial charge on any atom is 0.129 e. The minimum atomic E-state index is 0.698. The van der Waals surface area contributed by atoms with Gasteiger partial charge in [0.05, 0.1) is 5.02 Å². The summed E-state index contributed by atoms with van der Waals surface area (Å²) in [6, 6.07) is 3.49. The largest absolute Gasteiger partial charge is 0.353 e. The summed E-state index contributed by atoms with van der Waals surface area (Å²) in [5, 5.41) is 0.742. The summed E-state index contributed by atoms with van der Waals surface area (Å²) in [6.07, 6.45) is 4.41. The van der Waals surface area contributed by atoms with Gasteiger partial charge < -0.3 is 4.90 Å². The Morgan fingerprint density at radius 2 is 2.00 bits per heavy atom. The molecule has 0 N–H and O–H groups in total. The molecule has 3 rings (SSSR count). The normalized spacial score (nSPS) is 28.8. The number of piperazine rings is 1. The van der Waals surface area contributed by atoms with Gasteiger partial charge in [0.2, 0.25) is 0 Å². The molecule has 2 bridgehead atoms. The Labute approximate surface area is 120 Å². The summed E-state index contributed by atoms with van der Waals surface area (Å²) < 4.78 is 1.08. The van der Waals surface area contributed by atoms with E-state index in [9.17, 15) is 0 Å². The maximum absolute atomic E-state index is 6.02. The summed E-state index contributed by atoms with van der Waals surface area (Å²) >= 11 is 8.28. The van der Waals surface area contributed by atoms with Crippen LogP contribution in [0.5, 0.6) is 0 Å². The molecule has 3 nitrogen and oxygen atoms in total. The van der Waals surface area contributed by atoms with Crippen LogP contribution in [0.1, 0.15) is 12.8 Å². The van der Waals surface area contributed by atoms with Crippen molar-refractivity contribution in [2.45, 2.75) is 24.9 Å². The first-order chi connectivity index (χ1) is 8.15. The molecule has 92 valence electrons. The molecule has 0 aromatic carbocycles. The van der Waals surface area contributed by atoms with Crippen molar-refractivity contribution in [1.82, 2.24) is 9.88 Å². The van der Waals surface area contributed by atoms with Gasteiger partial charge in [-0.05, 0) is 48.5 Å². The van der Waals surface area contributed by atoms with Crippen molar-refractivity contribution in [2.24, 2.45) is 0 Å². The molecule has 0 amide bonds. The summed E-state index contributed by atoms with van der Waals surface area (Å²) in [5.41, 5.74) is 0. The van der Waals surface area contributed by atoms with E-state index in [1.807, 2.05) is 0 Å². The lowest BCUT2D eigenvalue weighted by Crippen LogP contribution is -2.52. The van der Waals surface area contributed by atoms with Gasteiger partial charge in [0.1, 0.15) is 5.82 Å². The van der Waals surface area contributed by atoms with Crippen LogP contribution in [0.15, 0.2) is 12.3 Å². The minimum Gasteiger partial charge on any atom is -0.353 e. The van der Waals surface area contributed by atoms with Crippen molar-refractivity contribution in [2.75, 3.05) is 25.0 Å². The summed E-state index contributed by atoms with van der Waals surface area (Å²) in [5.74, 6) is 1.07. The summed E-state index contributed by atoms with van der Waals surface area (Å²) in [6.45, 7) is 2.19. The lowest BCUT2D eigenvalue weighted by molar-refractivity contribution is 0.212. The van der Waals surface area contributed by atoms with Crippen LogP contribution in [0.25, 0.3) is 0 Å². The number of pyridine rings is 1. The maximum atomic E-state index is 6.02. The van der Waals surface area contributed by atoms with E-state index in [2.05, 4.69) is 50.5 Å². The van der Waals surface area contributed by atoms with Gasteiger partial charge in [0, 0.05) is 34.9 Å². The molecule has 17 heavy (non-hydrogen) atoms. The van der Waals surface area contributed by atoms with Crippen molar-refractivity contribution >= 4 is 40.0 Å². The third-order valence-corrected chi connectivity index (χ3v) is 5.48. The molecule has 2 fully saturated rings. The highest BCUT2D eigenvalue weighted by Gasteiger charge is 2.37. The van der Waals surface area contributed by atoms with Crippen LogP contribution >= 0.6 is 34.2 Å². The molecule has 0 spiro atoms. The van der Waals surface area contributed by atoms with Gasteiger partial charge in [0.25, 0.3) is 0 Å². The lowest BCUT2D eigenvalue weighted by Gasteiger charge is -2.39. The van der Waals surface area contributed by atoms with Crippen molar-refractivity contribution in [1.29, 1.82) is 0 Å². The average molecular weight is 364 g/mol. The first kappa shape index (κ1) is 12.0. The molecule has 5 heteroatoms. The van der Waals surface area contributed by atoms with Crippen molar-refractivity contribution < 1.29 is 0 Å². The molecule has 1 unspecified atom stereocenters. The van der Waals surface area contributed by atoms with E-state index in [-0.39, 0.29) is 0 Å². The Balaban J connectivity index is 1.84. The van der Waals surface area contributed by atoms with E-state index in [1.54, 1.807) is 6.20 Å². The molecule has 0 radical (unpaired) electrons. The minimum absolute atomic E-state index is 0.698. The molecule has 2 saturated heterocycles. The number of nitrogens with zero attached hydrogens (tertiary/aromatic N) is 3. The third-order valence-electron chi connectivity index (χ3n) is 3.97. The molecular weight excluding hydrogens is 349 g/mol. The molecule has 0 aliphatic carbocycles. The predicted octanol–water partition coefficient (Wildman–Crippen LogP) is 2.62. The smallest absolute Gasteiger partial charge is 0.129 e. The molecule has 2 aliphatic heterocycles. The number of hydrogen-bond donors (Lipinski definition) is 0. The molecular formula is C12H15ClIN3. The van der Waals surface area contributed by atoms with Crippen LogP contribution in [-0.4, -0.2) is 42.1 Å². The molecule has 2 aliphatic rings. The number of rotatable bonds is 1. The number of aromatic nitrogens is 1. The van der Waals surface area contributed by atoms with Crippen LogP contribution in [0.4, 0.5) is 5.82 Å². The number of anilines is 1. The van der Waals surface area contributed by atoms with Gasteiger partial charge >= 0.3 is 0 Å². The molecule has 0 saturated carbocycles. The van der Waals surface area contributed by atoms with Crippen molar-refractivity contribution in [3.63, 3.8) is 0 Å². The number of halogens is 2. The second-order valence-corrected chi connectivity index (χ2v) is 6.48. The van der Waals surface area contributed by atoms with Gasteiger partial charge in [-0.15, -0.1) is 0 Å². The van der Waals surface area contributed by atoms with Gasteiger partial charge in [-0.3, -0.25) is 4.90 Å². The number of likely N-dealkylation sites (N-methyl/N-ethyl adjacent to an activating group) is 1. The van der Waals surface area contributed by atoms with Crippen LogP contribution in [0, 0.1) is 3.57 Å². The Morgan fingerprint density at radius 3 is 2.59 bits per heavy atom. The molecule has 1 aromatic rings. The Bertz CT molecular complexity index is 426. The Hall–Kier alpha value is -0.0700. The van der Waals surface area contributed by atoms with E-state index >= 15 is 0 Å². The van der Waals surface area contributed by atoms with Crippen LogP contribution in [0.2, 0.25) is 5.02 Å². The fourth-order valence-electron chi connectivity index (χ4n) is 2.88. The van der Waals surface area contributed by atoms with E-state index < -0.39 is 0 Å². The number of hydrogen-bond acceptors (Lipinski definition) is 3. The SMILES string of the molecule is CN1C2CC[C@@H]1CN(c1cc(I)c(Cl)cn1)C2. The zero-order chi connectivity index (χ0) is 12.0. The topological polar surface area (TPSA) is 19.4 Å². The molecule has 3 heterocycles. The Morgan fingerprint density at radius 1 is 1.35 bits per heavy atom. The predicted molar refractivity (Wildman–Crippen MR) is 78.8 cm³/mol. The zero-order valence-corrected chi connectivity index (χ0v) is 12.6. The average Bonchev–Trinajstić information content (AvgIpc) is 2.55. The highest BCUT2D eigenvalue weighted by atomic mass is 127. The van der Waals surface area contributed by atoms with Gasteiger partial charge in [-0.25, -0.2) is 4.98 Å². The summed E-state index contributed by atoms with van der Waals surface area (Å²) in [7, 11) is 2.25. The van der Waals surface area contributed by atoms with Crippen LogP contribution in [0.3, 0.4) is 0 Å². The highest BCUT2D eigenvalue weighted by Crippen LogP contribution is 2.31.